The Labute approximate surface area is 180 Å². The lowest BCUT2D eigenvalue weighted by Crippen LogP contribution is -2.17. The highest BCUT2D eigenvalue weighted by Crippen LogP contribution is 2.22. The third-order valence-corrected chi connectivity index (χ3v) is 5.66. The van der Waals surface area contributed by atoms with E-state index in [1.54, 1.807) is 42.5 Å². The minimum Gasteiger partial charge on any atom is -0.310 e. The van der Waals surface area contributed by atoms with Crippen molar-refractivity contribution in [2.45, 2.75) is 6.54 Å². The highest BCUT2D eigenvalue weighted by Gasteiger charge is 2.14. The quantitative estimate of drug-likeness (QED) is 0.323. The Morgan fingerprint density at radius 3 is 2.29 bits per heavy atom. The van der Waals surface area contributed by atoms with Crippen molar-refractivity contribution in [3.8, 4) is 0 Å². The first-order chi connectivity index (χ1) is 15.0. The normalized spacial score (nSPS) is 11.6. The molecule has 3 aromatic carbocycles. The number of aromatic nitrogens is 1. The molecule has 0 radical (unpaired) electrons. The minimum absolute atomic E-state index is 0.151. The Morgan fingerprint density at radius 1 is 0.968 bits per heavy atom. The maximum absolute atomic E-state index is 14.3. The number of ketones is 1. The molecule has 4 nitrogen and oxygen atoms in total. The molecule has 0 aliphatic carbocycles. The zero-order valence-corrected chi connectivity index (χ0v) is 17.0. The number of fused-ring (bicyclic) bond motifs is 1. The van der Waals surface area contributed by atoms with E-state index in [0.717, 1.165) is 17.4 Å². The highest BCUT2D eigenvalue weighted by atomic mass is 32.1. The third-order valence-electron chi connectivity index (χ3n) is 4.63. The largest absolute Gasteiger partial charge is 0.310 e. The van der Waals surface area contributed by atoms with E-state index in [1.165, 1.54) is 22.8 Å². The number of hydrogen-bond acceptors (Lipinski definition) is 3. The van der Waals surface area contributed by atoms with Crippen LogP contribution in [0, 0.1) is 11.6 Å². The summed E-state index contributed by atoms with van der Waals surface area (Å²) < 4.78 is 29.7. The molecule has 1 amide bonds. The monoisotopic (exact) mass is 434 g/mol. The average molecular weight is 434 g/mol. The molecule has 31 heavy (non-hydrogen) atoms. The van der Waals surface area contributed by atoms with Gasteiger partial charge in [0, 0.05) is 29.3 Å². The number of halogens is 2. The fourth-order valence-corrected chi connectivity index (χ4v) is 4.26. The molecule has 0 fully saturated rings. The van der Waals surface area contributed by atoms with Crippen LogP contribution < -0.4 is 4.80 Å². The molecule has 0 aliphatic heterocycles. The summed E-state index contributed by atoms with van der Waals surface area (Å²) in [5.41, 5.74) is 1.45. The van der Waals surface area contributed by atoms with Gasteiger partial charge in [0.05, 0.1) is 10.2 Å². The molecule has 1 aromatic heterocycles. The second-order valence-corrected chi connectivity index (χ2v) is 7.72. The van der Waals surface area contributed by atoms with Gasteiger partial charge in [0.25, 0.3) is 5.91 Å². The van der Waals surface area contributed by atoms with Gasteiger partial charge >= 0.3 is 0 Å². The number of carbonyl (C=O) groups excluding carboxylic acids is 2. The Morgan fingerprint density at radius 2 is 1.61 bits per heavy atom. The van der Waals surface area contributed by atoms with Crippen molar-refractivity contribution in [2.24, 2.45) is 4.99 Å². The number of nitrogens with zero attached hydrogens (tertiary/aromatic N) is 2. The van der Waals surface area contributed by atoms with Crippen LogP contribution in [0.3, 0.4) is 0 Å². The SMILES string of the molecule is C=CCn1c(=NC(=O)c2ccc(C(=O)c3ccccc3)cc2)sc2cc(F)cc(F)c21. The lowest BCUT2D eigenvalue weighted by atomic mass is 10.0. The molecule has 0 saturated heterocycles. The molecule has 4 rings (SSSR count). The van der Waals surface area contributed by atoms with E-state index in [4.69, 9.17) is 0 Å². The lowest BCUT2D eigenvalue weighted by molar-refractivity contribution is 0.0994. The number of allylic oxidation sites excluding steroid dienone is 1. The van der Waals surface area contributed by atoms with Crippen LogP contribution in [0.4, 0.5) is 8.78 Å². The Hall–Kier alpha value is -3.71. The minimum atomic E-state index is -0.731. The molecule has 0 atom stereocenters. The van der Waals surface area contributed by atoms with E-state index < -0.39 is 17.5 Å². The first-order valence-electron chi connectivity index (χ1n) is 9.36. The lowest BCUT2D eigenvalue weighted by Gasteiger charge is -2.03. The molecule has 0 spiro atoms. The van der Waals surface area contributed by atoms with Crippen molar-refractivity contribution in [1.29, 1.82) is 0 Å². The molecule has 0 N–H and O–H groups in total. The standard InChI is InChI=1S/C24H16F2N2O2S/c1-2-12-28-21-19(26)13-18(25)14-20(21)31-24(28)27-23(30)17-10-8-16(9-11-17)22(29)15-6-4-3-5-7-15/h2-11,13-14H,1,12H2. The fourth-order valence-electron chi connectivity index (χ4n) is 3.18. The van der Waals surface area contributed by atoms with Crippen LogP contribution in [0.5, 0.6) is 0 Å². The van der Waals surface area contributed by atoms with Crippen LogP contribution in [0.15, 0.2) is 84.4 Å². The van der Waals surface area contributed by atoms with Gasteiger partial charge in [-0.3, -0.25) is 9.59 Å². The average Bonchev–Trinajstić information content (AvgIpc) is 3.11. The molecule has 1 heterocycles. The summed E-state index contributed by atoms with van der Waals surface area (Å²) in [6.07, 6.45) is 1.54. The molecule has 0 unspecified atom stereocenters. The van der Waals surface area contributed by atoms with E-state index in [0.29, 0.717) is 15.8 Å². The predicted octanol–water partition coefficient (Wildman–Crippen LogP) is 5.14. The van der Waals surface area contributed by atoms with Gasteiger partial charge in [0.1, 0.15) is 5.82 Å². The van der Waals surface area contributed by atoms with Gasteiger partial charge in [-0.25, -0.2) is 8.78 Å². The summed E-state index contributed by atoms with van der Waals surface area (Å²) in [4.78, 5) is 29.5. The van der Waals surface area contributed by atoms with Crippen molar-refractivity contribution in [2.75, 3.05) is 0 Å². The van der Waals surface area contributed by atoms with E-state index in [-0.39, 0.29) is 28.2 Å². The van der Waals surface area contributed by atoms with E-state index >= 15 is 0 Å². The molecule has 7 heteroatoms. The molecular weight excluding hydrogens is 418 g/mol. The first kappa shape index (κ1) is 20.6. The van der Waals surface area contributed by atoms with Crippen LogP contribution in [-0.2, 0) is 6.54 Å². The van der Waals surface area contributed by atoms with Crippen molar-refractivity contribution in [3.63, 3.8) is 0 Å². The van der Waals surface area contributed by atoms with Crippen molar-refractivity contribution < 1.29 is 18.4 Å². The van der Waals surface area contributed by atoms with Gasteiger partial charge in [0.15, 0.2) is 16.4 Å². The maximum Gasteiger partial charge on any atom is 0.279 e. The molecule has 154 valence electrons. The fraction of sp³-hybridized carbons (Fsp3) is 0.0417. The van der Waals surface area contributed by atoms with Crippen LogP contribution in [0.25, 0.3) is 10.2 Å². The van der Waals surface area contributed by atoms with Crippen LogP contribution in [-0.4, -0.2) is 16.3 Å². The van der Waals surface area contributed by atoms with Crippen LogP contribution >= 0.6 is 11.3 Å². The van der Waals surface area contributed by atoms with Gasteiger partial charge in [-0.2, -0.15) is 4.99 Å². The molecular formula is C24H16F2N2O2S. The zero-order valence-electron chi connectivity index (χ0n) is 16.2. The summed E-state index contributed by atoms with van der Waals surface area (Å²) in [6.45, 7) is 3.86. The maximum atomic E-state index is 14.3. The summed E-state index contributed by atoms with van der Waals surface area (Å²) in [6, 6.07) is 17.0. The Balaban J connectivity index is 1.70. The van der Waals surface area contributed by atoms with Crippen LogP contribution in [0.2, 0.25) is 0 Å². The zero-order chi connectivity index (χ0) is 22.0. The Bertz CT molecular complexity index is 1370. The summed E-state index contributed by atoms with van der Waals surface area (Å²) in [5.74, 6) is -2.13. The Kier molecular flexibility index (Phi) is 5.68. The van der Waals surface area contributed by atoms with Gasteiger partial charge < -0.3 is 4.57 Å². The second-order valence-electron chi connectivity index (χ2n) is 6.71. The molecule has 0 bridgehead atoms. The van der Waals surface area contributed by atoms with E-state index in [1.807, 2.05) is 6.07 Å². The molecule has 0 aliphatic rings. The van der Waals surface area contributed by atoms with Crippen LogP contribution in [0.1, 0.15) is 26.3 Å². The highest BCUT2D eigenvalue weighted by molar-refractivity contribution is 7.16. The smallest absolute Gasteiger partial charge is 0.279 e. The third kappa shape index (κ3) is 4.13. The number of rotatable bonds is 5. The summed E-state index contributed by atoms with van der Waals surface area (Å²) in [5, 5.41) is 0. The van der Waals surface area contributed by atoms with Crippen molar-refractivity contribution in [3.05, 3.63) is 113 Å². The summed E-state index contributed by atoms with van der Waals surface area (Å²) >= 11 is 1.01. The molecule has 4 aromatic rings. The van der Waals surface area contributed by atoms with Gasteiger partial charge in [-0.1, -0.05) is 59.9 Å². The van der Waals surface area contributed by atoms with E-state index in [2.05, 4.69) is 11.6 Å². The number of amides is 1. The first-order valence-corrected chi connectivity index (χ1v) is 10.2. The van der Waals surface area contributed by atoms with Gasteiger partial charge in [-0.05, 0) is 18.2 Å². The van der Waals surface area contributed by atoms with Crippen molar-refractivity contribution >= 4 is 33.2 Å². The second kappa shape index (κ2) is 8.57. The topological polar surface area (TPSA) is 51.4 Å². The number of carbonyl (C=O) groups is 2. The number of benzene rings is 3. The number of hydrogen-bond donors (Lipinski definition) is 0. The van der Waals surface area contributed by atoms with E-state index in [9.17, 15) is 18.4 Å². The summed E-state index contributed by atoms with van der Waals surface area (Å²) in [7, 11) is 0. The van der Waals surface area contributed by atoms with Gasteiger partial charge in [0.2, 0.25) is 0 Å². The van der Waals surface area contributed by atoms with Crippen molar-refractivity contribution in [1.82, 2.24) is 4.57 Å². The van der Waals surface area contributed by atoms with Gasteiger partial charge in [-0.15, -0.1) is 6.58 Å². The predicted molar refractivity (Wildman–Crippen MR) is 116 cm³/mol. The number of thiazole rings is 1. The molecule has 0 saturated carbocycles.